The number of hydrogen-bond acceptors (Lipinski definition) is 5. The third-order valence-electron chi connectivity index (χ3n) is 3.65. The highest BCUT2D eigenvalue weighted by Crippen LogP contribution is 2.23. The predicted octanol–water partition coefficient (Wildman–Crippen LogP) is 2.43. The SMILES string of the molecule is O=S(=O)(c1ccc(OCc2ccon2)cc1)N1CCCCC1. The van der Waals surface area contributed by atoms with Crippen molar-refractivity contribution in [1.82, 2.24) is 9.46 Å². The Morgan fingerprint density at radius 1 is 1.09 bits per heavy atom. The van der Waals surface area contributed by atoms with Crippen molar-refractivity contribution in [3.8, 4) is 5.75 Å². The van der Waals surface area contributed by atoms with Gasteiger partial charge in [-0.25, -0.2) is 8.42 Å². The first-order valence-electron chi connectivity index (χ1n) is 7.28. The summed E-state index contributed by atoms with van der Waals surface area (Å²) in [5.41, 5.74) is 0.685. The van der Waals surface area contributed by atoms with E-state index in [1.54, 1.807) is 34.6 Å². The summed E-state index contributed by atoms with van der Waals surface area (Å²) >= 11 is 0. The molecule has 0 atom stereocenters. The van der Waals surface area contributed by atoms with Crippen molar-refractivity contribution >= 4 is 10.0 Å². The minimum Gasteiger partial charge on any atom is -0.487 e. The second-order valence-corrected chi connectivity index (χ2v) is 7.15. The number of aromatic nitrogens is 1. The van der Waals surface area contributed by atoms with E-state index in [0.717, 1.165) is 19.3 Å². The zero-order valence-electron chi connectivity index (χ0n) is 12.1. The molecule has 0 aliphatic carbocycles. The van der Waals surface area contributed by atoms with E-state index < -0.39 is 10.0 Å². The number of nitrogens with zero attached hydrogens (tertiary/aromatic N) is 2. The number of rotatable bonds is 5. The normalized spacial score (nSPS) is 16.5. The number of piperidine rings is 1. The molecule has 0 spiro atoms. The van der Waals surface area contributed by atoms with Crippen molar-refractivity contribution < 1.29 is 17.7 Å². The molecule has 0 unspecified atom stereocenters. The van der Waals surface area contributed by atoms with Crippen LogP contribution in [0.1, 0.15) is 25.0 Å². The highest BCUT2D eigenvalue weighted by Gasteiger charge is 2.25. The van der Waals surface area contributed by atoms with E-state index in [2.05, 4.69) is 5.16 Å². The van der Waals surface area contributed by atoms with Crippen molar-refractivity contribution in [2.24, 2.45) is 0 Å². The van der Waals surface area contributed by atoms with Gasteiger partial charge in [-0.1, -0.05) is 11.6 Å². The molecule has 3 rings (SSSR count). The van der Waals surface area contributed by atoms with Gasteiger partial charge in [0.15, 0.2) is 0 Å². The number of ether oxygens (including phenoxy) is 1. The largest absolute Gasteiger partial charge is 0.487 e. The third kappa shape index (κ3) is 3.31. The van der Waals surface area contributed by atoms with Gasteiger partial charge >= 0.3 is 0 Å². The van der Waals surface area contributed by atoms with E-state index >= 15 is 0 Å². The zero-order valence-corrected chi connectivity index (χ0v) is 13.0. The van der Waals surface area contributed by atoms with Crippen LogP contribution < -0.4 is 4.74 Å². The van der Waals surface area contributed by atoms with E-state index in [-0.39, 0.29) is 6.61 Å². The molecule has 1 aromatic heterocycles. The molecule has 1 fully saturated rings. The maximum Gasteiger partial charge on any atom is 0.243 e. The third-order valence-corrected chi connectivity index (χ3v) is 5.57. The molecule has 1 aliphatic rings. The van der Waals surface area contributed by atoms with E-state index in [0.29, 0.717) is 29.4 Å². The Balaban J connectivity index is 1.67. The Hall–Kier alpha value is -1.86. The summed E-state index contributed by atoms with van der Waals surface area (Å²) in [5, 5.41) is 3.75. The van der Waals surface area contributed by atoms with E-state index in [9.17, 15) is 8.42 Å². The second-order valence-electron chi connectivity index (χ2n) is 5.22. The van der Waals surface area contributed by atoms with Crippen LogP contribution in [0.15, 0.2) is 46.0 Å². The van der Waals surface area contributed by atoms with Crippen LogP contribution >= 0.6 is 0 Å². The fraction of sp³-hybridized carbons (Fsp3) is 0.400. The molecule has 1 aliphatic heterocycles. The number of benzene rings is 1. The summed E-state index contributed by atoms with van der Waals surface area (Å²) in [6, 6.07) is 8.22. The molecule has 0 amide bonds. The lowest BCUT2D eigenvalue weighted by Crippen LogP contribution is -2.35. The zero-order chi connectivity index (χ0) is 15.4. The summed E-state index contributed by atoms with van der Waals surface area (Å²) in [6.07, 6.45) is 4.43. The average Bonchev–Trinajstić information content (AvgIpc) is 3.08. The second kappa shape index (κ2) is 6.50. The Morgan fingerprint density at radius 3 is 2.45 bits per heavy atom. The smallest absolute Gasteiger partial charge is 0.243 e. The van der Waals surface area contributed by atoms with Crippen molar-refractivity contribution in [3.05, 3.63) is 42.3 Å². The molecule has 1 saturated heterocycles. The first-order valence-corrected chi connectivity index (χ1v) is 8.72. The summed E-state index contributed by atoms with van der Waals surface area (Å²) in [4.78, 5) is 0.309. The van der Waals surface area contributed by atoms with Crippen molar-refractivity contribution in [2.75, 3.05) is 13.1 Å². The molecule has 1 aromatic carbocycles. The van der Waals surface area contributed by atoms with E-state index in [1.807, 2.05) is 0 Å². The molecule has 22 heavy (non-hydrogen) atoms. The highest BCUT2D eigenvalue weighted by molar-refractivity contribution is 7.89. The standard InChI is InChI=1S/C15H18N2O4S/c18-22(19,17-9-2-1-3-10-17)15-6-4-14(5-7-15)20-12-13-8-11-21-16-13/h4-8,11H,1-3,9-10,12H2. The lowest BCUT2D eigenvalue weighted by atomic mass is 10.2. The lowest BCUT2D eigenvalue weighted by Gasteiger charge is -2.25. The fourth-order valence-corrected chi connectivity index (χ4v) is 3.95. The summed E-state index contributed by atoms with van der Waals surface area (Å²) < 4.78 is 36.8. The van der Waals surface area contributed by atoms with Crippen LogP contribution in [-0.4, -0.2) is 31.0 Å². The van der Waals surface area contributed by atoms with Crippen LogP contribution in [0.4, 0.5) is 0 Å². The lowest BCUT2D eigenvalue weighted by molar-refractivity contribution is 0.289. The Bertz CT molecular complexity index is 690. The summed E-state index contributed by atoms with van der Waals surface area (Å²) in [6.45, 7) is 1.49. The van der Waals surface area contributed by atoms with E-state index in [4.69, 9.17) is 9.26 Å². The van der Waals surface area contributed by atoms with Crippen LogP contribution in [0, 0.1) is 0 Å². The van der Waals surface area contributed by atoms with Crippen molar-refractivity contribution in [1.29, 1.82) is 0 Å². The maximum atomic E-state index is 12.5. The van der Waals surface area contributed by atoms with Gasteiger partial charge in [0, 0.05) is 19.2 Å². The van der Waals surface area contributed by atoms with E-state index in [1.165, 1.54) is 6.26 Å². The molecule has 0 saturated carbocycles. The van der Waals surface area contributed by atoms with Gasteiger partial charge in [0.1, 0.15) is 24.3 Å². The van der Waals surface area contributed by atoms with Gasteiger partial charge in [-0.05, 0) is 37.1 Å². The minimum absolute atomic E-state index is 0.286. The summed E-state index contributed by atoms with van der Waals surface area (Å²) in [7, 11) is -3.39. The molecule has 2 heterocycles. The quantitative estimate of drug-likeness (QED) is 0.845. The van der Waals surface area contributed by atoms with Gasteiger partial charge in [0.2, 0.25) is 10.0 Å². The van der Waals surface area contributed by atoms with Crippen molar-refractivity contribution in [2.45, 2.75) is 30.8 Å². The first kappa shape index (κ1) is 15.1. The molecule has 0 N–H and O–H groups in total. The molecule has 6 nitrogen and oxygen atoms in total. The molecular formula is C15H18N2O4S. The molecule has 7 heteroatoms. The molecule has 2 aromatic rings. The van der Waals surface area contributed by atoms with Gasteiger partial charge in [-0.2, -0.15) is 4.31 Å². The average molecular weight is 322 g/mol. The highest BCUT2D eigenvalue weighted by atomic mass is 32.2. The number of sulfonamides is 1. The molecule has 118 valence electrons. The van der Waals surface area contributed by atoms with Gasteiger partial charge in [-0.15, -0.1) is 0 Å². The fourth-order valence-electron chi connectivity index (χ4n) is 2.43. The van der Waals surface area contributed by atoms with Crippen LogP contribution in [0.5, 0.6) is 5.75 Å². The summed E-state index contributed by atoms with van der Waals surface area (Å²) in [5.74, 6) is 0.598. The molecule has 0 radical (unpaired) electrons. The van der Waals surface area contributed by atoms with Crippen molar-refractivity contribution in [3.63, 3.8) is 0 Å². The predicted molar refractivity (Wildman–Crippen MR) is 79.9 cm³/mol. The topological polar surface area (TPSA) is 72.6 Å². The van der Waals surface area contributed by atoms with Gasteiger partial charge in [-0.3, -0.25) is 0 Å². The Kier molecular flexibility index (Phi) is 4.44. The first-order chi connectivity index (χ1) is 10.7. The van der Waals surface area contributed by atoms with Gasteiger partial charge < -0.3 is 9.26 Å². The van der Waals surface area contributed by atoms with Crippen LogP contribution in [0.2, 0.25) is 0 Å². The van der Waals surface area contributed by atoms with Gasteiger partial charge in [0.25, 0.3) is 0 Å². The molecule has 0 bridgehead atoms. The Morgan fingerprint density at radius 2 is 1.82 bits per heavy atom. The monoisotopic (exact) mass is 322 g/mol. The number of hydrogen-bond donors (Lipinski definition) is 0. The van der Waals surface area contributed by atoms with Crippen LogP contribution in [0.25, 0.3) is 0 Å². The van der Waals surface area contributed by atoms with Crippen LogP contribution in [-0.2, 0) is 16.6 Å². The Labute approximate surface area is 129 Å². The van der Waals surface area contributed by atoms with Gasteiger partial charge in [0.05, 0.1) is 4.90 Å². The molecular weight excluding hydrogens is 304 g/mol. The van der Waals surface area contributed by atoms with Crippen LogP contribution in [0.3, 0.4) is 0 Å². The maximum absolute atomic E-state index is 12.5. The minimum atomic E-state index is -3.39.